The SMILES string of the molecule is COc1cc2c(cc1OC)C1Cc3c(cnn3-c3cc(Cl)ccc3Cl)C(=O)N1CC2. The summed E-state index contributed by atoms with van der Waals surface area (Å²) in [7, 11) is 3.24. The number of amides is 1. The van der Waals surface area contributed by atoms with Gasteiger partial charge in [-0.2, -0.15) is 5.10 Å². The molecule has 2 aromatic carbocycles. The van der Waals surface area contributed by atoms with Crippen molar-refractivity contribution in [3.63, 3.8) is 0 Å². The minimum atomic E-state index is -0.109. The van der Waals surface area contributed by atoms with Gasteiger partial charge in [-0.05, 0) is 47.9 Å². The van der Waals surface area contributed by atoms with E-state index in [1.165, 1.54) is 0 Å². The van der Waals surface area contributed by atoms with Crippen molar-refractivity contribution in [1.29, 1.82) is 0 Å². The summed E-state index contributed by atoms with van der Waals surface area (Å²) >= 11 is 12.6. The Balaban J connectivity index is 1.63. The molecule has 5 rings (SSSR count). The maximum absolute atomic E-state index is 13.3. The number of hydrogen-bond donors (Lipinski definition) is 0. The summed E-state index contributed by atoms with van der Waals surface area (Å²) < 4.78 is 12.7. The van der Waals surface area contributed by atoms with Gasteiger partial charge in [-0.25, -0.2) is 4.68 Å². The fourth-order valence-electron chi connectivity index (χ4n) is 4.43. The second-order valence-electron chi connectivity index (χ2n) is 7.39. The number of benzene rings is 2. The molecule has 0 radical (unpaired) electrons. The molecule has 0 fully saturated rings. The van der Waals surface area contributed by atoms with Gasteiger partial charge in [0, 0.05) is 18.0 Å². The molecule has 0 aliphatic carbocycles. The van der Waals surface area contributed by atoms with Gasteiger partial charge in [0.05, 0.1) is 48.4 Å². The quantitative estimate of drug-likeness (QED) is 0.598. The van der Waals surface area contributed by atoms with Crippen LogP contribution in [0.15, 0.2) is 36.5 Å². The molecule has 0 spiro atoms. The lowest BCUT2D eigenvalue weighted by Gasteiger charge is -2.40. The molecule has 0 saturated heterocycles. The van der Waals surface area contributed by atoms with Crippen molar-refractivity contribution >= 4 is 29.1 Å². The Bertz CT molecular complexity index is 1170. The number of rotatable bonds is 3. The Hall–Kier alpha value is -2.70. The minimum absolute atomic E-state index is 0.0221. The Morgan fingerprint density at radius 2 is 1.87 bits per heavy atom. The summed E-state index contributed by atoms with van der Waals surface area (Å²) in [6.45, 7) is 0.647. The summed E-state index contributed by atoms with van der Waals surface area (Å²) in [5.41, 5.74) is 4.33. The van der Waals surface area contributed by atoms with Gasteiger partial charge in [0.15, 0.2) is 11.5 Å². The third kappa shape index (κ3) is 2.86. The zero-order valence-electron chi connectivity index (χ0n) is 16.5. The summed E-state index contributed by atoms with van der Waals surface area (Å²) in [5.74, 6) is 1.33. The van der Waals surface area contributed by atoms with Crippen molar-refractivity contribution < 1.29 is 14.3 Å². The van der Waals surface area contributed by atoms with Gasteiger partial charge in [-0.1, -0.05) is 23.2 Å². The lowest BCUT2D eigenvalue weighted by Crippen LogP contribution is -2.44. The number of carbonyl (C=O) groups excluding carboxylic acids is 1. The molecular weight excluding hydrogens is 425 g/mol. The molecular formula is C22H19Cl2N3O3. The molecule has 2 aliphatic heterocycles. The summed E-state index contributed by atoms with van der Waals surface area (Å²) in [6.07, 6.45) is 3.00. The molecule has 6 nitrogen and oxygen atoms in total. The highest BCUT2D eigenvalue weighted by Gasteiger charge is 2.39. The molecule has 3 heterocycles. The molecule has 154 valence electrons. The molecule has 0 saturated carbocycles. The second-order valence-corrected chi connectivity index (χ2v) is 8.23. The number of fused-ring (bicyclic) bond motifs is 4. The van der Waals surface area contributed by atoms with Crippen LogP contribution in [0, 0.1) is 0 Å². The lowest BCUT2D eigenvalue weighted by molar-refractivity contribution is 0.0629. The van der Waals surface area contributed by atoms with Gasteiger partial charge in [-0.15, -0.1) is 0 Å². The number of ether oxygens (including phenoxy) is 2. The van der Waals surface area contributed by atoms with E-state index >= 15 is 0 Å². The Morgan fingerprint density at radius 1 is 1.10 bits per heavy atom. The molecule has 8 heteroatoms. The lowest BCUT2D eigenvalue weighted by atomic mass is 9.85. The summed E-state index contributed by atoms with van der Waals surface area (Å²) in [4.78, 5) is 15.2. The van der Waals surface area contributed by atoms with Crippen molar-refractivity contribution in [1.82, 2.24) is 14.7 Å². The van der Waals surface area contributed by atoms with Crippen molar-refractivity contribution in [2.75, 3.05) is 20.8 Å². The van der Waals surface area contributed by atoms with Crippen molar-refractivity contribution in [3.05, 3.63) is 69.0 Å². The minimum Gasteiger partial charge on any atom is -0.493 e. The number of carbonyl (C=O) groups is 1. The maximum Gasteiger partial charge on any atom is 0.257 e. The average molecular weight is 444 g/mol. The molecule has 1 atom stereocenters. The van der Waals surface area contributed by atoms with E-state index < -0.39 is 0 Å². The standard InChI is InChI=1S/C22H19Cl2N3O3/c1-29-20-7-12-5-6-26-17(14(12)9-21(20)30-2)10-18-15(22(26)28)11-25-27(18)19-8-13(23)3-4-16(19)24/h3-4,7-9,11,17H,5-6,10H2,1-2H3. The molecule has 3 aromatic rings. The van der Waals surface area contributed by atoms with Gasteiger partial charge in [0.25, 0.3) is 5.91 Å². The molecule has 1 unspecified atom stereocenters. The van der Waals surface area contributed by atoms with Crippen LogP contribution >= 0.6 is 23.2 Å². The molecule has 0 N–H and O–H groups in total. The highest BCUT2D eigenvalue weighted by Crippen LogP contribution is 2.43. The first-order chi connectivity index (χ1) is 14.5. The van der Waals surface area contributed by atoms with Gasteiger partial charge in [0.1, 0.15) is 0 Å². The fourth-order valence-corrected chi connectivity index (χ4v) is 4.80. The Morgan fingerprint density at radius 3 is 2.63 bits per heavy atom. The van der Waals surface area contributed by atoms with E-state index in [0.29, 0.717) is 45.8 Å². The van der Waals surface area contributed by atoms with Crippen molar-refractivity contribution in [3.8, 4) is 17.2 Å². The summed E-state index contributed by atoms with van der Waals surface area (Å²) in [5, 5.41) is 5.56. The van der Waals surface area contributed by atoms with E-state index in [1.807, 2.05) is 17.0 Å². The van der Waals surface area contributed by atoms with Crippen molar-refractivity contribution in [2.45, 2.75) is 18.9 Å². The third-order valence-electron chi connectivity index (χ3n) is 5.89. The fraction of sp³-hybridized carbons (Fsp3) is 0.273. The zero-order valence-corrected chi connectivity index (χ0v) is 18.0. The molecule has 0 bridgehead atoms. The van der Waals surface area contributed by atoms with Crippen LogP contribution in [0.1, 0.15) is 33.2 Å². The smallest absolute Gasteiger partial charge is 0.257 e. The highest BCUT2D eigenvalue weighted by atomic mass is 35.5. The van der Waals surface area contributed by atoms with Crippen molar-refractivity contribution in [2.24, 2.45) is 0 Å². The van der Waals surface area contributed by atoms with E-state index in [9.17, 15) is 4.79 Å². The van der Waals surface area contributed by atoms with E-state index in [-0.39, 0.29) is 11.9 Å². The van der Waals surface area contributed by atoms with E-state index in [4.69, 9.17) is 32.7 Å². The zero-order chi connectivity index (χ0) is 21.0. The maximum atomic E-state index is 13.3. The number of halogens is 2. The van der Waals surface area contributed by atoms with Crippen LogP contribution in [-0.2, 0) is 12.8 Å². The highest BCUT2D eigenvalue weighted by molar-refractivity contribution is 6.34. The number of hydrogen-bond acceptors (Lipinski definition) is 4. The topological polar surface area (TPSA) is 56.6 Å². The third-order valence-corrected chi connectivity index (χ3v) is 6.44. The van der Waals surface area contributed by atoms with Crippen LogP contribution in [0.4, 0.5) is 0 Å². The average Bonchev–Trinajstić information content (AvgIpc) is 3.18. The van der Waals surface area contributed by atoms with Crippen LogP contribution in [0.5, 0.6) is 11.5 Å². The molecule has 2 aliphatic rings. The number of methoxy groups -OCH3 is 2. The Labute approximate surface area is 183 Å². The first-order valence-corrected chi connectivity index (χ1v) is 10.4. The monoisotopic (exact) mass is 443 g/mol. The molecule has 1 aromatic heterocycles. The first kappa shape index (κ1) is 19.3. The van der Waals surface area contributed by atoms with E-state index in [1.54, 1.807) is 43.3 Å². The van der Waals surface area contributed by atoms with Gasteiger partial charge in [-0.3, -0.25) is 4.79 Å². The van der Waals surface area contributed by atoms with Crippen LogP contribution in [0.25, 0.3) is 5.69 Å². The van der Waals surface area contributed by atoms with E-state index in [0.717, 1.165) is 23.2 Å². The normalized spacial score (nSPS) is 17.3. The summed E-state index contributed by atoms with van der Waals surface area (Å²) in [6, 6.07) is 9.11. The second kappa shape index (κ2) is 7.22. The van der Waals surface area contributed by atoms with Crippen LogP contribution in [-0.4, -0.2) is 41.4 Å². The predicted octanol–water partition coefficient (Wildman–Crippen LogP) is 4.49. The number of nitrogens with zero attached hydrogens (tertiary/aromatic N) is 3. The van der Waals surface area contributed by atoms with Crippen LogP contribution < -0.4 is 9.47 Å². The predicted molar refractivity (Wildman–Crippen MR) is 114 cm³/mol. The number of aromatic nitrogens is 2. The largest absolute Gasteiger partial charge is 0.493 e. The van der Waals surface area contributed by atoms with Crippen LogP contribution in [0.3, 0.4) is 0 Å². The van der Waals surface area contributed by atoms with Gasteiger partial charge >= 0.3 is 0 Å². The van der Waals surface area contributed by atoms with Gasteiger partial charge in [0.2, 0.25) is 0 Å². The van der Waals surface area contributed by atoms with E-state index in [2.05, 4.69) is 5.10 Å². The van der Waals surface area contributed by atoms with Crippen LogP contribution in [0.2, 0.25) is 10.0 Å². The molecule has 30 heavy (non-hydrogen) atoms. The Kier molecular flexibility index (Phi) is 4.64. The molecule has 1 amide bonds. The first-order valence-electron chi connectivity index (χ1n) is 9.60. The van der Waals surface area contributed by atoms with Gasteiger partial charge < -0.3 is 14.4 Å².